The van der Waals surface area contributed by atoms with Gasteiger partial charge in [-0.05, 0) is 48.9 Å². The Morgan fingerprint density at radius 3 is 2.62 bits per heavy atom. The molecule has 2 atom stereocenters. The van der Waals surface area contributed by atoms with Crippen LogP contribution in [-0.4, -0.2) is 24.8 Å². The molecule has 9 heteroatoms. The molecule has 29 heavy (non-hydrogen) atoms. The fraction of sp³-hybridized carbons (Fsp3) is 0.350. The number of alkyl carbamates (subject to hydrolysis) is 1. The summed E-state index contributed by atoms with van der Waals surface area (Å²) >= 11 is 0. The Kier molecular flexibility index (Phi) is 6.18. The van der Waals surface area contributed by atoms with Gasteiger partial charge in [-0.1, -0.05) is 30.3 Å². The lowest BCUT2D eigenvalue weighted by molar-refractivity contribution is 0.132. The van der Waals surface area contributed by atoms with Gasteiger partial charge in [0.1, 0.15) is 18.2 Å². The van der Waals surface area contributed by atoms with Gasteiger partial charge in [0, 0.05) is 5.56 Å². The lowest BCUT2D eigenvalue weighted by Crippen LogP contribution is -2.37. The van der Waals surface area contributed by atoms with Crippen LogP contribution in [0.15, 0.2) is 48.5 Å². The van der Waals surface area contributed by atoms with Gasteiger partial charge in [-0.3, -0.25) is 4.55 Å². The first-order valence-electron chi connectivity index (χ1n) is 9.09. The number of halogens is 2. The van der Waals surface area contributed by atoms with E-state index in [9.17, 15) is 22.0 Å². The summed E-state index contributed by atoms with van der Waals surface area (Å²) in [5.41, 5.74) is -0.417. The van der Waals surface area contributed by atoms with Crippen LogP contribution in [0.5, 0.6) is 0 Å². The van der Waals surface area contributed by atoms with Gasteiger partial charge < -0.3 is 10.1 Å². The van der Waals surface area contributed by atoms with Crippen molar-refractivity contribution in [3.63, 3.8) is 0 Å². The average Bonchev–Trinajstić information content (AvgIpc) is 3.35. The summed E-state index contributed by atoms with van der Waals surface area (Å²) in [5, 5.41) is 2.64. The fourth-order valence-corrected chi connectivity index (χ4v) is 4.05. The van der Waals surface area contributed by atoms with Crippen LogP contribution < -0.4 is 5.32 Å². The summed E-state index contributed by atoms with van der Waals surface area (Å²) in [7, 11) is -4.12. The second kappa shape index (κ2) is 8.46. The minimum atomic E-state index is -4.12. The summed E-state index contributed by atoms with van der Waals surface area (Å²) in [6.45, 7) is 0.0157. The number of ether oxygens (including phenoxy) is 1. The molecule has 0 aliphatic heterocycles. The third-order valence-corrected chi connectivity index (χ3v) is 5.81. The van der Waals surface area contributed by atoms with E-state index >= 15 is 0 Å². The number of amides is 1. The first-order valence-corrected chi connectivity index (χ1v) is 10.7. The Balaban J connectivity index is 1.72. The molecule has 1 saturated carbocycles. The number of nitrogens with one attached hydrogen (secondary N) is 1. The molecule has 1 aliphatic carbocycles. The van der Waals surface area contributed by atoms with Crippen LogP contribution in [0, 0.1) is 17.6 Å². The molecule has 156 valence electrons. The third-order valence-electron chi connectivity index (χ3n) is 5.01. The monoisotopic (exact) mass is 425 g/mol. The summed E-state index contributed by atoms with van der Waals surface area (Å²) in [6, 6.07) is 12.0. The number of carbonyl (C=O) groups excluding carboxylic acids is 1. The Hall–Kier alpha value is -2.52. The van der Waals surface area contributed by atoms with Gasteiger partial charge >= 0.3 is 6.09 Å². The van der Waals surface area contributed by atoms with Gasteiger partial charge in [0.25, 0.3) is 10.1 Å². The first-order chi connectivity index (χ1) is 13.7. The van der Waals surface area contributed by atoms with Crippen LogP contribution in [0.4, 0.5) is 13.6 Å². The summed E-state index contributed by atoms with van der Waals surface area (Å²) in [5.74, 6) is -2.08. The lowest BCUT2D eigenvalue weighted by atomic mass is 9.99. The minimum absolute atomic E-state index is 0.00832. The van der Waals surface area contributed by atoms with Crippen molar-refractivity contribution in [3.8, 4) is 0 Å². The zero-order valence-corrected chi connectivity index (χ0v) is 16.3. The van der Waals surface area contributed by atoms with Gasteiger partial charge in [-0.25, -0.2) is 13.6 Å². The molecule has 2 aromatic carbocycles. The van der Waals surface area contributed by atoms with E-state index in [1.54, 1.807) is 24.3 Å². The molecular weight excluding hydrogens is 404 g/mol. The van der Waals surface area contributed by atoms with Gasteiger partial charge in [-0.2, -0.15) is 8.42 Å². The number of hydrogen-bond donors (Lipinski definition) is 2. The molecule has 2 N–H and O–H groups in total. The van der Waals surface area contributed by atoms with E-state index in [4.69, 9.17) is 9.29 Å². The molecule has 1 aliphatic rings. The van der Waals surface area contributed by atoms with Crippen LogP contribution in [0.2, 0.25) is 0 Å². The number of carbonyl (C=O) groups is 1. The second-order valence-corrected chi connectivity index (χ2v) is 8.68. The molecule has 0 spiro atoms. The predicted molar refractivity (Wildman–Crippen MR) is 102 cm³/mol. The zero-order chi connectivity index (χ0) is 21.1. The van der Waals surface area contributed by atoms with E-state index in [2.05, 4.69) is 5.32 Å². The molecular formula is C20H21F2NO5S. The molecule has 1 fully saturated rings. The Bertz CT molecular complexity index is 984. The Morgan fingerprint density at radius 1 is 1.21 bits per heavy atom. The predicted octanol–water partition coefficient (Wildman–Crippen LogP) is 3.77. The van der Waals surface area contributed by atoms with Crippen LogP contribution >= 0.6 is 0 Å². The van der Waals surface area contributed by atoms with Gasteiger partial charge in [-0.15, -0.1) is 0 Å². The standard InChI is InChI=1S/C20H21F2NO5S/c21-16-8-9-18(22)17(11-16)20(12-15(20)7-4-10-29(25,26)27)23-19(24)28-13-14-5-2-1-3-6-14/h1-3,5-6,8-9,11,15H,4,7,10,12-13H2,(H,23,24)(H,25,26,27)/t15-,20-/m1/s1. The molecule has 0 bridgehead atoms. The molecule has 3 rings (SSSR count). The van der Waals surface area contributed by atoms with Crippen LogP contribution in [-0.2, 0) is 27.0 Å². The van der Waals surface area contributed by atoms with Gasteiger partial charge in [0.05, 0.1) is 11.3 Å². The Morgan fingerprint density at radius 2 is 1.93 bits per heavy atom. The topological polar surface area (TPSA) is 92.7 Å². The van der Waals surface area contributed by atoms with Crippen molar-refractivity contribution in [2.24, 2.45) is 5.92 Å². The van der Waals surface area contributed by atoms with Crippen molar-refractivity contribution >= 4 is 16.2 Å². The van der Waals surface area contributed by atoms with E-state index in [1.807, 2.05) is 6.07 Å². The van der Waals surface area contributed by atoms with E-state index < -0.39 is 39.1 Å². The van der Waals surface area contributed by atoms with Gasteiger partial charge in [0.2, 0.25) is 0 Å². The molecule has 6 nitrogen and oxygen atoms in total. The normalized spacial score (nSPS) is 20.9. The maximum atomic E-state index is 14.4. The summed E-state index contributed by atoms with van der Waals surface area (Å²) in [4.78, 5) is 12.3. The SMILES string of the molecule is O=C(N[C@]1(c2cc(F)ccc2F)C[C@H]1CCCS(=O)(=O)O)OCc1ccccc1. The highest BCUT2D eigenvalue weighted by molar-refractivity contribution is 7.85. The average molecular weight is 425 g/mol. The van der Waals surface area contributed by atoms with Crippen molar-refractivity contribution in [3.05, 3.63) is 71.3 Å². The molecule has 0 unspecified atom stereocenters. The number of benzene rings is 2. The van der Waals surface area contributed by atoms with E-state index in [-0.39, 0.29) is 24.5 Å². The van der Waals surface area contributed by atoms with Crippen molar-refractivity contribution in [2.45, 2.75) is 31.4 Å². The summed E-state index contributed by atoms with van der Waals surface area (Å²) < 4.78 is 64.0. The fourth-order valence-electron chi connectivity index (χ4n) is 3.52. The second-order valence-electron chi connectivity index (χ2n) is 7.11. The zero-order valence-electron chi connectivity index (χ0n) is 15.5. The molecule has 1 amide bonds. The van der Waals surface area contributed by atoms with Crippen LogP contribution in [0.3, 0.4) is 0 Å². The van der Waals surface area contributed by atoms with Crippen LogP contribution in [0.25, 0.3) is 0 Å². The van der Waals surface area contributed by atoms with Crippen molar-refractivity contribution < 1.29 is 31.3 Å². The third kappa shape index (κ3) is 5.51. The highest BCUT2D eigenvalue weighted by Crippen LogP contribution is 2.55. The van der Waals surface area contributed by atoms with Crippen molar-refractivity contribution in [1.29, 1.82) is 0 Å². The molecule has 0 aromatic heterocycles. The van der Waals surface area contributed by atoms with Gasteiger partial charge in [0.15, 0.2) is 0 Å². The van der Waals surface area contributed by atoms with Crippen molar-refractivity contribution in [2.75, 3.05) is 5.75 Å². The molecule has 0 heterocycles. The summed E-state index contributed by atoms with van der Waals surface area (Å²) in [6.07, 6.45) is -0.0495. The largest absolute Gasteiger partial charge is 0.445 e. The molecule has 0 saturated heterocycles. The maximum Gasteiger partial charge on any atom is 0.408 e. The number of rotatable bonds is 8. The van der Waals surface area contributed by atoms with E-state index in [0.717, 1.165) is 23.8 Å². The number of hydrogen-bond acceptors (Lipinski definition) is 4. The highest BCUT2D eigenvalue weighted by atomic mass is 32.2. The molecule has 0 radical (unpaired) electrons. The van der Waals surface area contributed by atoms with E-state index in [0.29, 0.717) is 12.8 Å². The smallest absolute Gasteiger partial charge is 0.408 e. The first kappa shape index (κ1) is 21.2. The van der Waals surface area contributed by atoms with E-state index in [1.165, 1.54) is 0 Å². The minimum Gasteiger partial charge on any atom is -0.445 e. The maximum absolute atomic E-state index is 14.4. The highest BCUT2D eigenvalue weighted by Gasteiger charge is 2.57. The van der Waals surface area contributed by atoms with Crippen molar-refractivity contribution in [1.82, 2.24) is 5.32 Å². The van der Waals surface area contributed by atoms with Crippen LogP contribution in [0.1, 0.15) is 30.4 Å². The lowest BCUT2D eigenvalue weighted by Gasteiger charge is -2.21. The molecule has 2 aromatic rings. The quantitative estimate of drug-likeness (QED) is 0.628. The Labute approximate surface area is 167 Å².